The Hall–Kier alpha value is -2.69. The predicted molar refractivity (Wildman–Crippen MR) is 79.9 cm³/mol. The fourth-order valence-corrected chi connectivity index (χ4v) is 1.80. The van der Waals surface area contributed by atoms with Crippen molar-refractivity contribution in [1.82, 2.24) is 0 Å². The van der Waals surface area contributed by atoms with Gasteiger partial charge in [-0.1, -0.05) is 0 Å². The molecular weight excluding hydrogens is 270 g/mol. The monoisotopic (exact) mass is 287 g/mol. The van der Waals surface area contributed by atoms with Crippen LogP contribution in [0.25, 0.3) is 0 Å². The van der Waals surface area contributed by atoms with Crippen LogP contribution >= 0.6 is 0 Å². The molecule has 5 nitrogen and oxygen atoms in total. The molecule has 0 aliphatic heterocycles. The average Bonchev–Trinajstić information content (AvgIpc) is 2.40. The van der Waals surface area contributed by atoms with Crippen LogP contribution in [0.5, 0.6) is 17.2 Å². The maximum Gasteiger partial charge on any atom is 0.259 e. The second kappa shape index (κ2) is 6.17. The van der Waals surface area contributed by atoms with Gasteiger partial charge in [0.25, 0.3) is 5.91 Å². The number of aromatic hydroxyl groups is 2. The Balaban J connectivity index is 2.08. The molecule has 0 saturated carbocycles. The van der Waals surface area contributed by atoms with Gasteiger partial charge in [0, 0.05) is 11.8 Å². The molecule has 5 heteroatoms. The van der Waals surface area contributed by atoms with Crippen molar-refractivity contribution in [3.63, 3.8) is 0 Å². The third-order valence-electron chi connectivity index (χ3n) is 2.71. The summed E-state index contributed by atoms with van der Waals surface area (Å²) in [5.41, 5.74) is 0.680. The SMILES string of the molecule is CC(C)Oc1ccc(NC(=O)c2ccc(O)cc2O)cc1. The van der Waals surface area contributed by atoms with Crippen LogP contribution in [-0.4, -0.2) is 22.2 Å². The molecule has 0 radical (unpaired) electrons. The molecule has 0 unspecified atom stereocenters. The molecule has 21 heavy (non-hydrogen) atoms. The van der Waals surface area contributed by atoms with Gasteiger partial charge in [0.1, 0.15) is 17.2 Å². The highest BCUT2D eigenvalue weighted by Crippen LogP contribution is 2.24. The Morgan fingerprint density at radius 2 is 1.76 bits per heavy atom. The van der Waals surface area contributed by atoms with Crippen LogP contribution in [0.4, 0.5) is 5.69 Å². The molecule has 0 spiro atoms. The molecule has 0 atom stereocenters. The standard InChI is InChI=1S/C16H17NO4/c1-10(2)21-13-6-3-11(4-7-13)17-16(20)14-8-5-12(18)9-15(14)19/h3-10,18-19H,1-2H3,(H,17,20). The Morgan fingerprint density at radius 3 is 2.33 bits per heavy atom. The number of carbonyl (C=O) groups excluding carboxylic acids is 1. The van der Waals surface area contributed by atoms with E-state index < -0.39 is 5.91 Å². The lowest BCUT2D eigenvalue weighted by molar-refractivity contribution is 0.102. The topological polar surface area (TPSA) is 78.8 Å². The average molecular weight is 287 g/mol. The molecule has 2 aromatic carbocycles. The van der Waals surface area contributed by atoms with Gasteiger partial charge in [-0.25, -0.2) is 0 Å². The maximum absolute atomic E-state index is 12.0. The molecule has 2 aromatic rings. The number of benzene rings is 2. The number of hydrogen-bond acceptors (Lipinski definition) is 4. The van der Waals surface area contributed by atoms with Crippen LogP contribution in [-0.2, 0) is 0 Å². The smallest absolute Gasteiger partial charge is 0.259 e. The number of anilines is 1. The molecule has 0 fully saturated rings. The number of ether oxygens (including phenoxy) is 1. The summed E-state index contributed by atoms with van der Waals surface area (Å²) in [7, 11) is 0. The molecular formula is C16H17NO4. The summed E-state index contributed by atoms with van der Waals surface area (Å²) < 4.78 is 5.51. The third-order valence-corrected chi connectivity index (χ3v) is 2.71. The van der Waals surface area contributed by atoms with E-state index in [1.807, 2.05) is 13.8 Å². The molecule has 0 saturated heterocycles. The van der Waals surface area contributed by atoms with Crippen LogP contribution in [0.3, 0.4) is 0 Å². The van der Waals surface area contributed by atoms with Crippen molar-refractivity contribution >= 4 is 11.6 Å². The fourth-order valence-electron chi connectivity index (χ4n) is 1.80. The molecule has 2 rings (SSSR count). The first kappa shape index (κ1) is 14.7. The van der Waals surface area contributed by atoms with E-state index in [4.69, 9.17) is 4.74 Å². The highest BCUT2D eigenvalue weighted by atomic mass is 16.5. The third kappa shape index (κ3) is 3.89. The quantitative estimate of drug-likeness (QED) is 0.807. The first-order valence-corrected chi connectivity index (χ1v) is 6.56. The van der Waals surface area contributed by atoms with E-state index in [-0.39, 0.29) is 23.2 Å². The highest BCUT2D eigenvalue weighted by molar-refractivity contribution is 6.06. The molecule has 0 aliphatic carbocycles. The zero-order valence-corrected chi connectivity index (χ0v) is 11.8. The molecule has 0 aliphatic rings. The summed E-state index contributed by atoms with van der Waals surface area (Å²) in [6.07, 6.45) is 0.0828. The van der Waals surface area contributed by atoms with E-state index in [1.54, 1.807) is 24.3 Å². The van der Waals surface area contributed by atoms with Gasteiger partial charge in [0.15, 0.2) is 0 Å². The van der Waals surface area contributed by atoms with Crippen LogP contribution in [0, 0.1) is 0 Å². The number of nitrogens with one attached hydrogen (secondary N) is 1. The van der Waals surface area contributed by atoms with Crippen molar-refractivity contribution in [2.45, 2.75) is 20.0 Å². The highest BCUT2D eigenvalue weighted by Gasteiger charge is 2.12. The van der Waals surface area contributed by atoms with Crippen molar-refractivity contribution in [2.24, 2.45) is 0 Å². The lowest BCUT2D eigenvalue weighted by Crippen LogP contribution is -2.12. The van der Waals surface area contributed by atoms with E-state index in [9.17, 15) is 15.0 Å². The fraction of sp³-hybridized carbons (Fsp3) is 0.188. The van der Waals surface area contributed by atoms with E-state index in [2.05, 4.69) is 5.32 Å². The Kier molecular flexibility index (Phi) is 4.33. The largest absolute Gasteiger partial charge is 0.508 e. The van der Waals surface area contributed by atoms with Gasteiger partial charge >= 0.3 is 0 Å². The van der Waals surface area contributed by atoms with Crippen molar-refractivity contribution in [2.75, 3.05) is 5.32 Å². The van der Waals surface area contributed by atoms with Crippen LogP contribution in [0.15, 0.2) is 42.5 Å². The molecule has 0 heterocycles. The first-order valence-electron chi connectivity index (χ1n) is 6.56. The summed E-state index contributed by atoms with van der Waals surface area (Å²) in [6.45, 7) is 3.87. The minimum atomic E-state index is -0.454. The summed E-state index contributed by atoms with van der Waals surface area (Å²) in [6, 6.07) is 10.8. The Labute approximate surface area is 122 Å². The number of rotatable bonds is 4. The molecule has 110 valence electrons. The summed E-state index contributed by atoms with van der Waals surface area (Å²) >= 11 is 0. The molecule has 3 N–H and O–H groups in total. The number of phenolic OH excluding ortho intramolecular Hbond substituents is 2. The lowest BCUT2D eigenvalue weighted by atomic mass is 10.1. The van der Waals surface area contributed by atoms with Crippen LogP contribution < -0.4 is 10.1 Å². The second-order valence-electron chi connectivity index (χ2n) is 4.85. The zero-order valence-electron chi connectivity index (χ0n) is 11.8. The molecule has 0 bridgehead atoms. The van der Waals surface area contributed by atoms with Crippen molar-refractivity contribution in [3.05, 3.63) is 48.0 Å². The minimum absolute atomic E-state index is 0.0828. The second-order valence-corrected chi connectivity index (χ2v) is 4.85. The summed E-state index contributed by atoms with van der Waals surface area (Å²) in [5, 5.41) is 21.5. The summed E-state index contributed by atoms with van der Waals surface area (Å²) in [4.78, 5) is 12.0. The van der Waals surface area contributed by atoms with Gasteiger partial charge in [-0.05, 0) is 50.2 Å². The lowest BCUT2D eigenvalue weighted by Gasteiger charge is -2.11. The van der Waals surface area contributed by atoms with Crippen molar-refractivity contribution < 1.29 is 19.7 Å². The number of amides is 1. The molecule has 1 amide bonds. The number of carbonyl (C=O) groups is 1. The Bertz CT molecular complexity index is 635. The van der Waals surface area contributed by atoms with Crippen molar-refractivity contribution in [1.29, 1.82) is 0 Å². The predicted octanol–water partition coefficient (Wildman–Crippen LogP) is 3.14. The van der Waals surface area contributed by atoms with E-state index >= 15 is 0 Å². The van der Waals surface area contributed by atoms with Gasteiger partial charge < -0.3 is 20.3 Å². The summed E-state index contributed by atoms with van der Waals surface area (Å²) in [5.74, 6) is -0.105. The number of hydrogen-bond donors (Lipinski definition) is 3. The van der Waals surface area contributed by atoms with Crippen LogP contribution in [0.1, 0.15) is 24.2 Å². The van der Waals surface area contributed by atoms with Crippen LogP contribution in [0.2, 0.25) is 0 Å². The number of phenols is 2. The molecule has 0 aromatic heterocycles. The van der Waals surface area contributed by atoms with Gasteiger partial charge in [-0.15, -0.1) is 0 Å². The normalized spacial score (nSPS) is 10.4. The minimum Gasteiger partial charge on any atom is -0.508 e. The van der Waals surface area contributed by atoms with E-state index in [1.165, 1.54) is 12.1 Å². The zero-order chi connectivity index (χ0) is 15.4. The van der Waals surface area contributed by atoms with E-state index in [0.29, 0.717) is 5.69 Å². The van der Waals surface area contributed by atoms with Gasteiger partial charge in [0.05, 0.1) is 11.7 Å². The van der Waals surface area contributed by atoms with Gasteiger partial charge in [-0.2, -0.15) is 0 Å². The maximum atomic E-state index is 12.0. The first-order chi connectivity index (χ1) is 9.95. The Morgan fingerprint density at radius 1 is 1.10 bits per heavy atom. The van der Waals surface area contributed by atoms with E-state index in [0.717, 1.165) is 11.8 Å². The van der Waals surface area contributed by atoms with Crippen molar-refractivity contribution in [3.8, 4) is 17.2 Å². The van der Waals surface area contributed by atoms with Gasteiger partial charge in [0.2, 0.25) is 0 Å². The van der Waals surface area contributed by atoms with Gasteiger partial charge in [-0.3, -0.25) is 4.79 Å².